The number of hydrogen-bond acceptors (Lipinski definition) is 3. The topological polar surface area (TPSA) is 41.6 Å². The van der Waals surface area contributed by atoms with Gasteiger partial charge in [0.2, 0.25) is 0 Å². The van der Waals surface area contributed by atoms with Crippen LogP contribution in [-0.2, 0) is 0 Å². The van der Waals surface area contributed by atoms with Gasteiger partial charge in [-0.05, 0) is 48.9 Å². The second kappa shape index (κ2) is 6.56. The van der Waals surface area contributed by atoms with E-state index in [0.717, 1.165) is 33.8 Å². The number of carbonyl (C=O) groups excluding carboxylic acids is 1. The Morgan fingerprint density at radius 1 is 0.923 bits per heavy atom. The lowest BCUT2D eigenvalue weighted by Gasteiger charge is -2.28. The monoisotopic (exact) mass is 344 g/mol. The summed E-state index contributed by atoms with van der Waals surface area (Å²) in [7, 11) is 1.65. The molecule has 130 valence electrons. The number of rotatable bonds is 4. The average molecular weight is 344 g/mol. The summed E-state index contributed by atoms with van der Waals surface area (Å²) >= 11 is 0. The molecule has 0 spiro atoms. The Morgan fingerprint density at radius 2 is 1.62 bits per heavy atom. The molecule has 0 radical (unpaired) electrons. The Kier molecular flexibility index (Phi) is 4.09. The number of nitrogens with zero attached hydrogens (tertiary/aromatic N) is 1. The second-order valence-electron chi connectivity index (χ2n) is 6.32. The molecule has 0 unspecified atom stereocenters. The van der Waals surface area contributed by atoms with E-state index in [4.69, 9.17) is 4.74 Å². The van der Waals surface area contributed by atoms with E-state index in [-0.39, 0.29) is 12.1 Å². The molecule has 1 aliphatic heterocycles. The number of nitrogens with one attached hydrogen (secondary N) is 1. The standard InChI is InChI=1S/C22H20N2O2/c1-15-7-3-6-10-20(15)24-21(18-8-4-5-9-19(18)22(24)25)23-16-11-13-17(26-2)14-12-16/h3-14,21,23H,1-2H3/t21-/m1/s1. The van der Waals surface area contributed by atoms with E-state index in [1.807, 2.05) is 84.6 Å². The van der Waals surface area contributed by atoms with Gasteiger partial charge in [-0.2, -0.15) is 0 Å². The van der Waals surface area contributed by atoms with Gasteiger partial charge < -0.3 is 10.1 Å². The number of aryl methyl sites for hydroxylation is 1. The molecule has 1 amide bonds. The van der Waals surface area contributed by atoms with E-state index in [1.165, 1.54) is 0 Å². The summed E-state index contributed by atoms with van der Waals surface area (Å²) in [5.41, 5.74) is 4.63. The molecular weight excluding hydrogens is 324 g/mol. The lowest BCUT2D eigenvalue weighted by molar-refractivity contribution is 0.0993. The molecule has 4 nitrogen and oxygen atoms in total. The van der Waals surface area contributed by atoms with Gasteiger partial charge in [-0.3, -0.25) is 9.69 Å². The normalized spacial score (nSPS) is 15.7. The molecule has 26 heavy (non-hydrogen) atoms. The molecule has 4 heteroatoms. The van der Waals surface area contributed by atoms with Crippen LogP contribution in [0, 0.1) is 6.92 Å². The molecule has 4 rings (SSSR count). The SMILES string of the molecule is COc1ccc(N[C@H]2c3ccccc3C(=O)N2c2ccccc2C)cc1. The van der Waals surface area contributed by atoms with Crippen molar-refractivity contribution in [3.05, 3.63) is 89.5 Å². The van der Waals surface area contributed by atoms with Gasteiger partial charge in [-0.1, -0.05) is 36.4 Å². The summed E-state index contributed by atoms with van der Waals surface area (Å²) in [6.07, 6.45) is -0.256. The Labute approximate surface area is 153 Å². The van der Waals surface area contributed by atoms with E-state index in [0.29, 0.717) is 0 Å². The lowest BCUT2D eigenvalue weighted by Crippen LogP contribution is -2.32. The summed E-state index contributed by atoms with van der Waals surface area (Å²) in [5, 5.41) is 3.50. The van der Waals surface area contributed by atoms with Gasteiger partial charge in [0.1, 0.15) is 11.9 Å². The molecule has 0 bridgehead atoms. The van der Waals surface area contributed by atoms with Gasteiger partial charge in [0.05, 0.1) is 7.11 Å². The van der Waals surface area contributed by atoms with Crippen LogP contribution in [-0.4, -0.2) is 13.0 Å². The fourth-order valence-corrected chi connectivity index (χ4v) is 3.39. The van der Waals surface area contributed by atoms with Crippen molar-refractivity contribution in [1.82, 2.24) is 0 Å². The smallest absolute Gasteiger partial charge is 0.260 e. The summed E-state index contributed by atoms with van der Waals surface area (Å²) in [6, 6.07) is 23.5. The van der Waals surface area contributed by atoms with Crippen molar-refractivity contribution in [3.8, 4) is 5.75 Å². The molecule has 0 aromatic heterocycles. The molecule has 3 aromatic rings. The average Bonchev–Trinajstić information content (AvgIpc) is 2.95. The number of ether oxygens (including phenoxy) is 1. The maximum atomic E-state index is 13.1. The van der Waals surface area contributed by atoms with Crippen molar-refractivity contribution in [1.29, 1.82) is 0 Å². The number of hydrogen-bond donors (Lipinski definition) is 1. The molecule has 0 aliphatic carbocycles. The Hall–Kier alpha value is -3.27. The van der Waals surface area contributed by atoms with Crippen LogP contribution in [0.1, 0.15) is 27.7 Å². The largest absolute Gasteiger partial charge is 0.497 e. The minimum atomic E-state index is -0.256. The molecule has 3 aromatic carbocycles. The highest BCUT2D eigenvalue weighted by Crippen LogP contribution is 2.39. The third kappa shape index (κ3) is 2.69. The van der Waals surface area contributed by atoms with Crippen molar-refractivity contribution >= 4 is 17.3 Å². The van der Waals surface area contributed by atoms with Gasteiger partial charge in [0.25, 0.3) is 5.91 Å². The van der Waals surface area contributed by atoms with Crippen molar-refractivity contribution in [3.63, 3.8) is 0 Å². The van der Waals surface area contributed by atoms with Crippen LogP contribution in [0.15, 0.2) is 72.8 Å². The van der Waals surface area contributed by atoms with Crippen LogP contribution in [0.2, 0.25) is 0 Å². The van der Waals surface area contributed by atoms with E-state index >= 15 is 0 Å². The first-order valence-corrected chi connectivity index (χ1v) is 8.58. The third-order valence-corrected chi connectivity index (χ3v) is 4.73. The molecule has 0 fully saturated rings. The third-order valence-electron chi connectivity index (χ3n) is 4.73. The molecule has 1 aliphatic rings. The van der Waals surface area contributed by atoms with Gasteiger partial charge >= 0.3 is 0 Å². The highest BCUT2D eigenvalue weighted by Gasteiger charge is 2.38. The zero-order valence-electron chi connectivity index (χ0n) is 14.8. The molecular formula is C22H20N2O2. The number of benzene rings is 3. The molecule has 0 saturated carbocycles. The number of para-hydroxylation sites is 1. The minimum absolute atomic E-state index is 0.0147. The first kappa shape index (κ1) is 16.2. The minimum Gasteiger partial charge on any atom is -0.497 e. The van der Waals surface area contributed by atoms with E-state index < -0.39 is 0 Å². The van der Waals surface area contributed by atoms with Gasteiger partial charge in [-0.25, -0.2) is 0 Å². The molecule has 1 heterocycles. The maximum absolute atomic E-state index is 13.1. The zero-order chi connectivity index (χ0) is 18.1. The van der Waals surface area contributed by atoms with Crippen LogP contribution < -0.4 is 15.0 Å². The summed E-state index contributed by atoms with van der Waals surface area (Å²) in [4.78, 5) is 15.0. The lowest BCUT2D eigenvalue weighted by atomic mass is 10.1. The Balaban J connectivity index is 1.77. The number of amides is 1. The van der Waals surface area contributed by atoms with Gasteiger partial charge in [0.15, 0.2) is 0 Å². The van der Waals surface area contributed by atoms with Crippen LogP contribution in [0.4, 0.5) is 11.4 Å². The summed E-state index contributed by atoms with van der Waals surface area (Å²) in [6.45, 7) is 2.02. The first-order chi connectivity index (χ1) is 12.7. The van der Waals surface area contributed by atoms with Crippen molar-refractivity contribution in [2.75, 3.05) is 17.3 Å². The van der Waals surface area contributed by atoms with Crippen molar-refractivity contribution in [2.24, 2.45) is 0 Å². The highest BCUT2D eigenvalue weighted by atomic mass is 16.5. The predicted molar refractivity (Wildman–Crippen MR) is 104 cm³/mol. The Bertz CT molecular complexity index is 950. The number of anilines is 2. The van der Waals surface area contributed by atoms with Crippen LogP contribution in [0.5, 0.6) is 5.75 Å². The number of carbonyl (C=O) groups is 1. The van der Waals surface area contributed by atoms with Gasteiger partial charge in [0, 0.05) is 22.5 Å². The van der Waals surface area contributed by atoms with Gasteiger partial charge in [-0.15, -0.1) is 0 Å². The predicted octanol–water partition coefficient (Wildman–Crippen LogP) is 4.77. The summed E-state index contributed by atoms with van der Waals surface area (Å²) < 4.78 is 5.23. The first-order valence-electron chi connectivity index (χ1n) is 8.58. The number of methoxy groups -OCH3 is 1. The van der Waals surface area contributed by atoms with Crippen LogP contribution in [0.25, 0.3) is 0 Å². The second-order valence-corrected chi connectivity index (χ2v) is 6.32. The fourth-order valence-electron chi connectivity index (χ4n) is 3.39. The summed E-state index contributed by atoms with van der Waals surface area (Å²) in [5.74, 6) is 0.815. The van der Waals surface area contributed by atoms with Crippen LogP contribution >= 0.6 is 0 Å². The van der Waals surface area contributed by atoms with Crippen molar-refractivity contribution in [2.45, 2.75) is 13.1 Å². The molecule has 1 N–H and O–H groups in total. The quantitative estimate of drug-likeness (QED) is 0.741. The van der Waals surface area contributed by atoms with E-state index in [2.05, 4.69) is 5.32 Å². The van der Waals surface area contributed by atoms with Crippen molar-refractivity contribution < 1.29 is 9.53 Å². The highest BCUT2D eigenvalue weighted by molar-refractivity contribution is 6.11. The number of fused-ring (bicyclic) bond motifs is 1. The molecule has 1 atom stereocenters. The maximum Gasteiger partial charge on any atom is 0.260 e. The van der Waals surface area contributed by atoms with E-state index in [9.17, 15) is 4.79 Å². The van der Waals surface area contributed by atoms with Crippen LogP contribution in [0.3, 0.4) is 0 Å². The van der Waals surface area contributed by atoms with E-state index in [1.54, 1.807) is 7.11 Å². The zero-order valence-corrected chi connectivity index (χ0v) is 14.8. The fraction of sp³-hybridized carbons (Fsp3) is 0.136. The Morgan fingerprint density at radius 3 is 2.35 bits per heavy atom. The molecule has 0 saturated heterocycles.